The van der Waals surface area contributed by atoms with Crippen LogP contribution in [0.25, 0.3) is 0 Å². The fraction of sp³-hybridized carbons (Fsp3) is 0.333. The summed E-state index contributed by atoms with van der Waals surface area (Å²) in [5.74, 6) is 0.139. The number of hydrogen-bond acceptors (Lipinski definition) is 2. The number of aryl methyl sites for hydroxylation is 1. The first-order chi connectivity index (χ1) is 13.1. The summed E-state index contributed by atoms with van der Waals surface area (Å²) in [7, 11) is 0. The molecule has 0 unspecified atom stereocenters. The molecule has 0 aliphatic carbocycles. The topological polar surface area (TPSA) is 53.9 Å². The smallest absolute Gasteiger partial charge is 0.279 e. The Bertz CT molecular complexity index is 774. The van der Waals surface area contributed by atoms with Crippen molar-refractivity contribution in [3.05, 3.63) is 65.2 Å². The second-order valence-corrected chi connectivity index (χ2v) is 7.23. The SMILES string of the molecule is O=C(C[NH+]1CCN(C(=O)CCc2ccccc2)CC1)Nc1ccccc1Cl. The molecular weight excluding hydrogens is 362 g/mol. The Hall–Kier alpha value is -2.37. The molecule has 1 heterocycles. The molecule has 0 saturated carbocycles. The van der Waals surface area contributed by atoms with Gasteiger partial charge in [0, 0.05) is 6.42 Å². The van der Waals surface area contributed by atoms with Gasteiger partial charge in [-0.1, -0.05) is 54.1 Å². The molecule has 1 aliphatic heterocycles. The normalized spacial score (nSPS) is 14.8. The highest BCUT2D eigenvalue weighted by Crippen LogP contribution is 2.19. The van der Waals surface area contributed by atoms with Crippen LogP contribution in [0.4, 0.5) is 5.69 Å². The van der Waals surface area contributed by atoms with Crippen molar-refractivity contribution in [2.75, 3.05) is 38.0 Å². The molecule has 1 saturated heterocycles. The molecule has 3 rings (SSSR count). The van der Waals surface area contributed by atoms with Gasteiger partial charge < -0.3 is 15.1 Å². The lowest BCUT2D eigenvalue weighted by molar-refractivity contribution is -0.895. The molecular formula is C21H25ClN3O2+. The van der Waals surface area contributed by atoms with Crippen molar-refractivity contribution >= 4 is 29.1 Å². The van der Waals surface area contributed by atoms with E-state index in [1.807, 2.05) is 47.4 Å². The molecule has 142 valence electrons. The van der Waals surface area contributed by atoms with Crippen LogP contribution in [-0.4, -0.2) is 49.4 Å². The Morgan fingerprint density at radius 2 is 1.67 bits per heavy atom. The standard InChI is InChI=1S/C21H24ClN3O2/c22-18-8-4-5-9-19(18)23-20(26)16-24-12-14-25(15-13-24)21(27)11-10-17-6-2-1-3-7-17/h1-9H,10-16H2,(H,23,26)/p+1. The van der Waals surface area contributed by atoms with Gasteiger partial charge in [-0.25, -0.2) is 0 Å². The van der Waals surface area contributed by atoms with Gasteiger partial charge in [-0.05, 0) is 24.1 Å². The summed E-state index contributed by atoms with van der Waals surface area (Å²) < 4.78 is 0. The van der Waals surface area contributed by atoms with E-state index in [2.05, 4.69) is 5.32 Å². The molecule has 0 aromatic heterocycles. The maximum Gasteiger partial charge on any atom is 0.279 e. The van der Waals surface area contributed by atoms with Gasteiger partial charge in [0.05, 0.1) is 36.9 Å². The number of hydrogen-bond donors (Lipinski definition) is 2. The number of nitrogens with one attached hydrogen (secondary N) is 2. The molecule has 2 aromatic carbocycles. The Kier molecular flexibility index (Phi) is 6.85. The predicted molar refractivity (Wildman–Crippen MR) is 107 cm³/mol. The summed E-state index contributed by atoms with van der Waals surface area (Å²) in [4.78, 5) is 27.7. The number of anilines is 1. The van der Waals surface area contributed by atoms with Gasteiger partial charge in [0.25, 0.3) is 5.91 Å². The van der Waals surface area contributed by atoms with Crippen molar-refractivity contribution in [3.8, 4) is 0 Å². The highest BCUT2D eigenvalue weighted by molar-refractivity contribution is 6.33. The Balaban J connectivity index is 1.40. The van der Waals surface area contributed by atoms with Crippen LogP contribution in [0, 0.1) is 0 Å². The van der Waals surface area contributed by atoms with Crippen molar-refractivity contribution in [1.29, 1.82) is 0 Å². The summed E-state index contributed by atoms with van der Waals surface area (Å²) in [6.45, 7) is 3.35. The second kappa shape index (κ2) is 9.53. The van der Waals surface area contributed by atoms with Crippen LogP contribution in [-0.2, 0) is 16.0 Å². The van der Waals surface area contributed by atoms with Crippen molar-refractivity contribution in [1.82, 2.24) is 4.90 Å². The average molecular weight is 387 g/mol. The zero-order valence-corrected chi connectivity index (χ0v) is 16.0. The highest BCUT2D eigenvalue weighted by atomic mass is 35.5. The maximum absolute atomic E-state index is 12.4. The van der Waals surface area contributed by atoms with Crippen molar-refractivity contribution < 1.29 is 14.5 Å². The minimum atomic E-state index is -0.0537. The molecule has 5 nitrogen and oxygen atoms in total. The number of amides is 2. The number of quaternary nitrogens is 1. The van der Waals surface area contributed by atoms with Crippen molar-refractivity contribution in [3.63, 3.8) is 0 Å². The largest absolute Gasteiger partial charge is 0.331 e. The van der Waals surface area contributed by atoms with Crippen molar-refractivity contribution in [2.45, 2.75) is 12.8 Å². The molecule has 0 radical (unpaired) electrons. The summed E-state index contributed by atoms with van der Waals surface area (Å²) in [6, 6.07) is 17.3. The van der Waals surface area contributed by atoms with Gasteiger partial charge in [0.1, 0.15) is 0 Å². The van der Waals surface area contributed by atoms with E-state index in [9.17, 15) is 9.59 Å². The van der Waals surface area contributed by atoms with E-state index in [4.69, 9.17) is 11.6 Å². The van der Waals surface area contributed by atoms with E-state index in [1.54, 1.807) is 12.1 Å². The minimum Gasteiger partial charge on any atom is -0.331 e. The molecule has 2 amide bonds. The first-order valence-corrected chi connectivity index (χ1v) is 9.69. The second-order valence-electron chi connectivity index (χ2n) is 6.82. The molecule has 1 aliphatic rings. The zero-order chi connectivity index (χ0) is 19.1. The van der Waals surface area contributed by atoms with Crippen LogP contribution >= 0.6 is 11.6 Å². The van der Waals surface area contributed by atoms with Gasteiger partial charge in [0.2, 0.25) is 5.91 Å². The number of rotatable bonds is 6. The third kappa shape index (κ3) is 5.81. The third-order valence-corrected chi connectivity index (χ3v) is 5.18. The van der Waals surface area contributed by atoms with Gasteiger partial charge in [-0.3, -0.25) is 9.59 Å². The highest BCUT2D eigenvalue weighted by Gasteiger charge is 2.25. The van der Waals surface area contributed by atoms with Crippen LogP contribution in [0.3, 0.4) is 0 Å². The lowest BCUT2D eigenvalue weighted by Crippen LogP contribution is -3.15. The summed E-state index contributed by atoms with van der Waals surface area (Å²) in [5, 5.41) is 3.39. The number of para-hydroxylation sites is 1. The van der Waals surface area contributed by atoms with Gasteiger partial charge in [0.15, 0.2) is 6.54 Å². The summed E-state index contributed by atoms with van der Waals surface area (Å²) in [6.07, 6.45) is 1.30. The Labute approximate surface area is 164 Å². The molecule has 0 bridgehead atoms. The third-order valence-electron chi connectivity index (χ3n) is 4.85. The van der Waals surface area contributed by atoms with Crippen LogP contribution in [0.1, 0.15) is 12.0 Å². The molecule has 6 heteroatoms. The molecule has 0 spiro atoms. The van der Waals surface area contributed by atoms with Crippen LogP contribution in [0.2, 0.25) is 5.02 Å². The van der Waals surface area contributed by atoms with Gasteiger partial charge in [-0.2, -0.15) is 0 Å². The van der Waals surface area contributed by atoms with E-state index in [0.717, 1.165) is 19.5 Å². The number of benzene rings is 2. The van der Waals surface area contributed by atoms with Gasteiger partial charge >= 0.3 is 0 Å². The van der Waals surface area contributed by atoms with Crippen molar-refractivity contribution in [2.24, 2.45) is 0 Å². The number of carbonyl (C=O) groups excluding carboxylic acids is 2. The fourth-order valence-electron chi connectivity index (χ4n) is 3.29. The number of halogens is 1. The quantitative estimate of drug-likeness (QED) is 0.793. The molecule has 2 aromatic rings. The molecule has 2 N–H and O–H groups in total. The molecule has 1 fully saturated rings. The van der Waals surface area contributed by atoms with Crippen LogP contribution < -0.4 is 10.2 Å². The number of piperazine rings is 1. The van der Waals surface area contributed by atoms with Crippen LogP contribution in [0.5, 0.6) is 0 Å². The van der Waals surface area contributed by atoms with Crippen LogP contribution in [0.15, 0.2) is 54.6 Å². The lowest BCUT2D eigenvalue weighted by atomic mass is 10.1. The lowest BCUT2D eigenvalue weighted by Gasteiger charge is -2.32. The first-order valence-electron chi connectivity index (χ1n) is 9.31. The van der Waals surface area contributed by atoms with E-state index >= 15 is 0 Å². The first kappa shape index (κ1) is 19.4. The Morgan fingerprint density at radius 3 is 2.37 bits per heavy atom. The molecule has 0 atom stereocenters. The Morgan fingerprint density at radius 1 is 1.00 bits per heavy atom. The number of carbonyl (C=O) groups is 2. The maximum atomic E-state index is 12.4. The number of nitrogens with zero attached hydrogens (tertiary/aromatic N) is 1. The van der Waals surface area contributed by atoms with E-state index in [0.29, 0.717) is 36.8 Å². The van der Waals surface area contributed by atoms with E-state index in [-0.39, 0.29) is 11.8 Å². The summed E-state index contributed by atoms with van der Waals surface area (Å²) in [5.41, 5.74) is 1.82. The van der Waals surface area contributed by atoms with E-state index < -0.39 is 0 Å². The summed E-state index contributed by atoms with van der Waals surface area (Å²) >= 11 is 6.07. The fourth-order valence-corrected chi connectivity index (χ4v) is 3.47. The van der Waals surface area contributed by atoms with Gasteiger partial charge in [-0.15, -0.1) is 0 Å². The molecule has 27 heavy (non-hydrogen) atoms. The average Bonchev–Trinajstić information content (AvgIpc) is 2.69. The van der Waals surface area contributed by atoms with E-state index in [1.165, 1.54) is 10.5 Å². The monoisotopic (exact) mass is 386 g/mol. The predicted octanol–water partition coefficient (Wildman–Crippen LogP) is 1.64. The minimum absolute atomic E-state index is 0.0537. The zero-order valence-electron chi connectivity index (χ0n) is 15.3.